The van der Waals surface area contributed by atoms with Crippen molar-refractivity contribution < 1.29 is 14.3 Å². The van der Waals surface area contributed by atoms with E-state index < -0.39 is 0 Å². The molecule has 0 saturated carbocycles. The van der Waals surface area contributed by atoms with Gasteiger partial charge in [-0.3, -0.25) is 9.69 Å². The molecule has 0 aromatic heterocycles. The van der Waals surface area contributed by atoms with E-state index in [9.17, 15) is 4.79 Å². The summed E-state index contributed by atoms with van der Waals surface area (Å²) in [5, 5.41) is 2.98. The molecule has 0 bridgehead atoms. The zero-order chi connectivity index (χ0) is 18.9. The predicted octanol–water partition coefficient (Wildman–Crippen LogP) is 3.02. The Labute approximate surface area is 158 Å². The Bertz CT molecular complexity index is 554. The molecule has 0 aliphatic carbocycles. The van der Waals surface area contributed by atoms with Gasteiger partial charge in [0.15, 0.2) is 0 Å². The van der Waals surface area contributed by atoms with Crippen LogP contribution in [0.1, 0.15) is 39.2 Å². The van der Waals surface area contributed by atoms with Gasteiger partial charge in [0, 0.05) is 19.7 Å². The third kappa shape index (κ3) is 6.96. The van der Waals surface area contributed by atoms with Gasteiger partial charge in [-0.2, -0.15) is 0 Å². The smallest absolute Gasteiger partial charge is 0.237 e. The van der Waals surface area contributed by atoms with E-state index in [0.717, 1.165) is 38.3 Å². The van der Waals surface area contributed by atoms with Gasteiger partial charge in [0.2, 0.25) is 5.91 Å². The lowest BCUT2D eigenvalue weighted by molar-refractivity contribution is -0.127. The van der Waals surface area contributed by atoms with E-state index in [2.05, 4.69) is 24.1 Å². The first-order valence-corrected chi connectivity index (χ1v) is 9.78. The van der Waals surface area contributed by atoms with Crippen LogP contribution in [0.25, 0.3) is 0 Å². The number of hydrogen-bond donors (Lipinski definition) is 1. The van der Waals surface area contributed by atoms with Crippen LogP contribution in [-0.4, -0.2) is 55.8 Å². The summed E-state index contributed by atoms with van der Waals surface area (Å²) in [5.41, 5.74) is 1.17. The van der Waals surface area contributed by atoms with Crippen molar-refractivity contribution in [1.29, 1.82) is 0 Å². The fourth-order valence-electron chi connectivity index (χ4n) is 3.12. The largest absolute Gasteiger partial charge is 0.492 e. The first-order valence-electron chi connectivity index (χ1n) is 9.78. The second-order valence-corrected chi connectivity index (χ2v) is 7.59. The predicted molar refractivity (Wildman–Crippen MR) is 105 cm³/mol. The maximum atomic E-state index is 12.4. The molecular weight excluding hydrogens is 328 g/mol. The second kappa shape index (κ2) is 10.5. The van der Waals surface area contributed by atoms with E-state index in [-0.39, 0.29) is 11.9 Å². The molecule has 1 saturated heterocycles. The Kier molecular flexibility index (Phi) is 8.39. The van der Waals surface area contributed by atoms with Gasteiger partial charge in [0.1, 0.15) is 12.4 Å². The van der Waals surface area contributed by atoms with E-state index in [0.29, 0.717) is 25.2 Å². The number of carbonyl (C=O) groups is 1. The minimum atomic E-state index is -0.111. The van der Waals surface area contributed by atoms with E-state index in [1.165, 1.54) is 5.56 Å². The van der Waals surface area contributed by atoms with Crippen molar-refractivity contribution in [3.05, 3.63) is 29.8 Å². The Hall–Kier alpha value is -1.59. The molecule has 26 heavy (non-hydrogen) atoms. The zero-order valence-corrected chi connectivity index (χ0v) is 16.7. The molecule has 146 valence electrons. The molecule has 2 rings (SSSR count). The van der Waals surface area contributed by atoms with E-state index >= 15 is 0 Å². The standard InChI is InChI=1S/C21H34N2O3/c1-16(2)15-26-19-8-11-23(12-9-19)18(4)21(24)22-10-13-25-20-7-5-6-17(3)14-20/h5-7,14,16,18-19H,8-13,15H2,1-4H3,(H,22,24). The summed E-state index contributed by atoms with van der Waals surface area (Å²) in [7, 11) is 0. The van der Waals surface area contributed by atoms with Crippen molar-refractivity contribution in [1.82, 2.24) is 10.2 Å². The maximum Gasteiger partial charge on any atom is 0.237 e. The number of piperidine rings is 1. The lowest BCUT2D eigenvalue weighted by atomic mass is 10.1. The van der Waals surface area contributed by atoms with Crippen molar-refractivity contribution in [2.45, 2.75) is 52.7 Å². The number of hydrogen-bond acceptors (Lipinski definition) is 4. The lowest BCUT2D eigenvalue weighted by Crippen LogP contribution is -2.49. The highest BCUT2D eigenvalue weighted by molar-refractivity contribution is 5.81. The number of ether oxygens (including phenoxy) is 2. The maximum absolute atomic E-state index is 12.4. The van der Waals surface area contributed by atoms with Gasteiger partial charge in [-0.05, 0) is 50.3 Å². The molecule has 1 fully saturated rings. The highest BCUT2D eigenvalue weighted by Gasteiger charge is 2.26. The summed E-state index contributed by atoms with van der Waals surface area (Å²) in [5.74, 6) is 1.48. The van der Waals surface area contributed by atoms with Crippen molar-refractivity contribution >= 4 is 5.91 Å². The Balaban J connectivity index is 1.63. The van der Waals surface area contributed by atoms with Crippen LogP contribution in [0.3, 0.4) is 0 Å². The molecule has 1 unspecified atom stereocenters. The van der Waals surface area contributed by atoms with Crippen molar-refractivity contribution in [3.63, 3.8) is 0 Å². The molecule has 5 nitrogen and oxygen atoms in total. The first kappa shape index (κ1) is 20.7. The normalized spacial score (nSPS) is 17.3. The molecular formula is C21H34N2O3. The van der Waals surface area contributed by atoms with Crippen LogP contribution in [0.15, 0.2) is 24.3 Å². The molecule has 0 radical (unpaired) electrons. The fraction of sp³-hybridized carbons (Fsp3) is 0.667. The molecule has 1 aromatic carbocycles. The highest BCUT2D eigenvalue weighted by Crippen LogP contribution is 2.17. The number of carbonyl (C=O) groups excluding carboxylic acids is 1. The average molecular weight is 363 g/mol. The number of nitrogens with one attached hydrogen (secondary N) is 1. The highest BCUT2D eigenvalue weighted by atomic mass is 16.5. The molecule has 1 amide bonds. The minimum absolute atomic E-state index is 0.0689. The minimum Gasteiger partial charge on any atom is -0.492 e. The molecule has 5 heteroatoms. The third-order valence-corrected chi connectivity index (χ3v) is 4.73. The van der Waals surface area contributed by atoms with Gasteiger partial charge in [-0.1, -0.05) is 26.0 Å². The van der Waals surface area contributed by atoms with Crippen molar-refractivity contribution in [2.24, 2.45) is 5.92 Å². The van der Waals surface area contributed by atoms with Crippen LogP contribution in [0.2, 0.25) is 0 Å². The second-order valence-electron chi connectivity index (χ2n) is 7.59. The monoisotopic (exact) mass is 362 g/mol. The van der Waals surface area contributed by atoms with Gasteiger partial charge in [-0.15, -0.1) is 0 Å². The van der Waals surface area contributed by atoms with Crippen LogP contribution in [0, 0.1) is 12.8 Å². The molecule has 1 heterocycles. The number of rotatable bonds is 9. The van der Waals surface area contributed by atoms with E-state index in [1.54, 1.807) is 0 Å². The van der Waals surface area contributed by atoms with Gasteiger partial charge < -0.3 is 14.8 Å². The SMILES string of the molecule is Cc1cccc(OCCNC(=O)C(C)N2CCC(OCC(C)C)CC2)c1. The quantitative estimate of drug-likeness (QED) is 0.686. The fourth-order valence-corrected chi connectivity index (χ4v) is 3.12. The zero-order valence-electron chi connectivity index (χ0n) is 16.7. The summed E-state index contributed by atoms with van der Waals surface area (Å²) < 4.78 is 11.6. The van der Waals surface area contributed by atoms with Gasteiger partial charge in [-0.25, -0.2) is 0 Å². The summed E-state index contributed by atoms with van der Waals surface area (Å²) in [6.45, 7) is 12.0. The summed E-state index contributed by atoms with van der Waals surface area (Å²) in [4.78, 5) is 14.6. The Morgan fingerprint density at radius 1 is 1.27 bits per heavy atom. The van der Waals surface area contributed by atoms with Gasteiger partial charge >= 0.3 is 0 Å². The number of benzene rings is 1. The molecule has 1 aliphatic rings. The summed E-state index contributed by atoms with van der Waals surface area (Å²) in [6.07, 6.45) is 2.34. The Morgan fingerprint density at radius 2 is 2.00 bits per heavy atom. The van der Waals surface area contributed by atoms with E-state index in [4.69, 9.17) is 9.47 Å². The molecule has 1 atom stereocenters. The number of aryl methyl sites for hydroxylation is 1. The first-order chi connectivity index (χ1) is 12.5. The topological polar surface area (TPSA) is 50.8 Å². The summed E-state index contributed by atoms with van der Waals surface area (Å²) in [6, 6.07) is 7.83. The number of nitrogens with zero attached hydrogens (tertiary/aromatic N) is 1. The number of amides is 1. The van der Waals surface area contributed by atoms with Crippen LogP contribution in [-0.2, 0) is 9.53 Å². The van der Waals surface area contributed by atoms with Gasteiger partial charge in [0.25, 0.3) is 0 Å². The molecule has 0 spiro atoms. The molecule has 1 aliphatic heterocycles. The lowest BCUT2D eigenvalue weighted by Gasteiger charge is -2.35. The van der Waals surface area contributed by atoms with Crippen molar-refractivity contribution in [2.75, 3.05) is 32.8 Å². The van der Waals surface area contributed by atoms with Gasteiger partial charge in [0.05, 0.1) is 18.7 Å². The summed E-state index contributed by atoms with van der Waals surface area (Å²) >= 11 is 0. The third-order valence-electron chi connectivity index (χ3n) is 4.73. The average Bonchev–Trinajstić information content (AvgIpc) is 2.63. The van der Waals surface area contributed by atoms with Crippen LogP contribution >= 0.6 is 0 Å². The van der Waals surface area contributed by atoms with Crippen LogP contribution < -0.4 is 10.1 Å². The van der Waals surface area contributed by atoms with Crippen LogP contribution in [0.5, 0.6) is 5.75 Å². The van der Waals surface area contributed by atoms with Crippen LogP contribution in [0.4, 0.5) is 0 Å². The van der Waals surface area contributed by atoms with E-state index in [1.807, 2.05) is 38.1 Å². The molecule has 1 N–H and O–H groups in total. The number of likely N-dealkylation sites (tertiary alicyclic amines) is 1. The van der Waals surface area contributed by atoms with Crippen molar-refractivity contribution in [3.8, 4) is 5.75 Å². The Morgan fingerprint density at radius 3 is 2.65 bits per heavy atom. The molecule has 1 aromatic rings.